The number of phosphoric acid groups is 1. The molecule has 1 aromatic rings. The predicted octanol–water partition coefficient (Wildman–Crippen LogP) is -2.06. The van der Waals surface area contributed by atoms with Crippen LogP contribution in [-0.2, 0) is 9.09 Å². The molecule has 0 heterocycles. The molecule has 0 aliphatic heterocycles. The number of phosphoric ester groups is 1. The van der Waals surface area contributed by atoms with Gasteiger partial charge in [-0.05, 0) is 31.2 Å². The van der Waals surface area contributed by atoms with Crippen molar-refractivity contribution in [3.8, 4) is 11.5 Å². The van der Waals surface area contributed by atoms with E-state index in [1.165, 1.54) is 26.2 Å². The van der Waals surface area contributed by atoms with Crippen LogP contribution in [0.15, 0.2) is 24.3 Å². The van der Waals surface area contributed by atoms with E-state index in [0.29, 0.717) is 5.75 Å². The molecular weight excluding hydrogens is 270 g/mol. The number of rotatable bonds is 6. The average Bonchev–Trinajstić information content (AvgIpc) is 2.27. The Kier molecular flexibility index (Phi) is 8.14. The molecular formula is C10H14NaO6P. The summed E-state index contributed by atoms with van der Waals surface area (Å²) in [6.45, 7) is 1.07. The molecule has 0 aliphatic carbocycles. The van der Waals surface area contributed by atoms with E-state index in [-0.39, 0.29) is 41.9 Å². The van der Waals surface area contributed by atoms with E-state index in [2.05, 4.69) is 9.05 Å². The predicted molar refractivity (Wildman–Crippen MR) is 58.9 cm³/mol. The van der Waals surface area contributed by atoms with Crippen molar-refractivity contribution in [2.24, 2.45) is 0 Å². The van der Waals surface area contributed by atoms with Gasteiger partial charge in [0, 0.05) is 0 Å². The van der Waals surface area contributed by atoms with Crippen molar-refractivity contribution in [1.29, 1.82) is 0 Å². The Balaban J connectivity index is 0.00000289. The SMILES string of the molecule is COc1ccc(OP(=O)([O-])OCC(C)O)cc1.[Na+]. The first-order chi connectivity index (χ1) is 7.93. The second-order valence-electron chi connectivity index (χ2n) is 3.36. The fourth-order valence-corrected chi connectivity index (χ4v) is 1.82. The summed E-state index contributed by atoms with van der Waals surface area (Å²) in [5, 5.41) is 8.89. The molecule has 0 aliphatic rings. The van der Waals surface area contributed by atoms with Gasteiger partial charge >= 0.3 is 37.4 Å². The van der Waals surface area contributed by atoms with E-state index in [4.69, 9.17) is 9.84 Å². The van der Waals surface area contributed by atoms with Gasteiger partial charge in [-0.3, -0.25) is 4.57 Å². The Morgan fingerprint density at radius 1 is 1.33 bits per heavy atom. The zero-order valence-corrected chi connectivity index (χ0v) is 13.4. The Labute approximate surface area is 128 Å². The van der Waals surface area contributed by atoms with Gasteiger partial charge in [0.25, 0.3) is 0 Å². The average molecular weight is 284 g/mol. The van der Waals surface area contributed by atoms with Gasteiger partial charge in [0.05, 0.1) is 19.8 Å². The normalized spacial score (nSPS) is 15.1. The maximum Gasteiger partial charge on any atom is 1.00 e. The Hall–Kier alpha value is -0.0700. The molecule has 2 atom stereocenters. The minimum Gasteiger partial charge on any atom is -0.746 e. The summed E-state index contributed by atoms with van der Waals surface area (Å²) in [6, 6.07) is 6.00. The van der Waals surface area contributed by atoms with Crippen LogP contribution in [0, 0.1) is 0 Å². The molecule has 8 heteroatoms. The van der Waals surface area contributed by atoms with Gasteiger partial charge in [0.15, 0.2) is 0 Å². The van der Waals surface area contributed by atoms with Crippen molar-refractivity contribution in [2.75, 3.05) is 13.7 Å². The summed E-state index contributed by atoms with van der Waals surface area (Å²) in [7, 11) is -2.94. The fraction of sp³-hybridized carbons (Fsp3) is 0.400. The molecule has 1 N–H and O–H groups in total. The van der Waals surface area contributed by atoms with E-state index in [9.17, 15) is 9.46 Å². The number of benzene rings is 1. The molecule has 0 spiro atoms. The number of aliphatic hydroxyl groups excluding tert-OH is 1. The van der Waals surface area contributed by atoms with Crippen LogP contribution in [0.3, 0.4) is 0 Å². The van der Waals surface area contributed by atoms with Crippen molar-refractivity contribution < 1.29 is 57.9 Å². The third-order valence-electron chi connectivity index (χ3n) is 1.75. The molecule has 0 fully saturated rings. The van der Waals surface area contributed by atoms with Crippen molar-refractivity contribution in [1.82, 2.24) is 0 Å². The zero-order chi connectivity index (χ0) is 12.9. The van der Waals surface area contributed by atoms with Crippen LogP contribution >= 0.6 is 7.82 Å². The van der Waals surface area contributed by atoms with Gasteiger partial charge in [-0.2, -0.15) is 0 Å². The molecule has 1 rings (SSSR count). The molecule has 0 aromatic heterocycles. The van der Waals surface area contributed by atoms with Crippen molar-refractivity contribution in [3.63, 3.8) is 0 Å². The minimum absolute atomic E-state index is 0. The molecule has 0 bridgehead atoms. The van der Waals surface area contributed by atoms with Crippen molar-refractivity contribution in [2.45, 2.75) is 13.0 Å². The molecule has 1 aromatic carbocycles. The molecule has 0 radical (unpaired) electrons. The Morgan fingerprint density at radius 3 is 2.28 bits per heavy atom. The van der Waals surface area contributed by atoms with Crippen molar-refractivity contribution >= 4 is 7.82 Å². The quantitative estimate of drug-likeness (QED) is 0.477. The van der Waals surface area contributed by atoms with Crippen LogP contribution < -0.4 is 43.7 Å². The number of aliphatic hydroxyl groups is 1. The Bertz CT molecular complexity index is 394. The summed E-state index contributed by atoms with van der Waals surface area (Å²) in [6.07, 6.45) is -0.878. The van der Waals surface area contributed by atoms with Crippen LogP contribution in [0.2, 0.25) is 0 Å². The van der Waals surface area contributed by atoms with Crippen molar-refractivity contribution in [3.05, 3.63) is 24.3 Å². The Morgan fingerprint density at radius 2 is 1.83 bits per heavy atom. The third kappa shape index (κ3) is 6.75. The number of methoxy groups -OCH3 is 1. The van der Waals surface area contributed by atoms with E-state index >= 15 is 0 Å². The summed E-state index contributed by atoms with van der Waals surface area (Å²) in [4.78, 5) is 11.3. The van der Waals surface area contributed by atoms with Crippen LogP contribution in [0.5, 0.6) is 11.5 Å². The van der Waals surface area contributed by atoms with Gasteiger partial charge in [0.2, 0.25) is 0 Å². The largest absolute Gasteiger partial charge is 1.00 e. The van der Waals surface area contributed by atoms with Crippen LogP contribution in [0.4, 0.5) is 0 Å². The zero-order valence-electron chi connectivity index (χ0n) is 10.5. The monoisotopic (exact) mass is 284 g/mol. The molecule has 0 saturated carbocycles. The molecule has 96 valence electrons. The van der Waals surface area contributed by atoms with Crippen LogP contribution in [-0.4, -0.2) is 24.9 Å². The first kappa shape index (κ1) is 17.9. The first-order valence-electron chi connectivity index (χ1n) is 4.90. The summed E-state index contributed by atoms with van der Waals surface area (Å²) in [5.41, 5.74) is 0. The van der Waals surface area contributed by atoms with Gasteiger partial charge in [-0.25, -0.2) is 0 Å². The molecule has 2 unspecified atom stereocenters. The van der Waals surface area contributed by atoms with Gasteiger partial charge in [-0.1, -0.05) is 0 Å². The van der Waals surface area contributed by atoms with Crippen LogP contribution in [0.25, 0.3) is 0 Å². The molecule has 0 saturated heterocycles. The smallest absolute Gasteiger partial charge is 0.746 e. The number of hydrogen-bond acceptors (Lipinski definition) is 6. The second kappa shape index (κ2) is 8.17. The first-order valence-corrected chi connectivity index (χ1v) is 6.36. The van der Waals surface area contributed by atoms with E-state index in [1.54, 1.807) is 12.1 Å². The summed E-state index contributed by atoms with van der Waals surface area (Å²) >= 11 is 0. The van der Waals surface area contributed by atoms with Gasteiger partial charge < -0.3 is 23.8 Å². The van der Waals surface area contributed by atoms with Gasteiger partial charge in [-0.15, -0.1) is 0 Å². The fourth-order valence-electron chi connectivity index (χ4n) is 0.991. The molecule has 6 nitrogen and oxygen atoms in total. The van der Waals surface area contributed by atoms with Gasteiger partial charge in [0.1, 0.15) is 11.5 Å². The van der Waals surface area contributed by atoms with E-state index in [0.717, 1.165) is 0 Å². The third-order valence-corrected chi connectivity index (χ3v) is 2.65. The summed E-state index contributed by atoms with van der Waals surface area (Å²) in [5.74, 6) is 0.706. The van der Waals surface area contributed by atoms with E-state index < -0.39 is 13.9 Å². The summed E-state index contributed by atoms with van der Waals surface area (Å²) < 4.78 is 25.3. The van der Waals surface area contributed by atoms with E-state index in [1.807, 2.05) is 0 Å². The molecule has 0 amide bonds. The maximum atomic E-state index is 11.3. The minimum atomic E-state index is -4.44. The second-order valence-corrected chi connectivity index (χ2v) is 4.69. The number of ether oxygens (including phenoxy) is 1. The topological polar surface area (TPSA) is 88.1 Å². The maximum absolute atomic E-state index is 11.3. The number of hydrogen-bond donors (Lipinski definition) is 1. The standard InChI is InChI=1S/C10H15O6P.Na/c1-8(11)7-15-17(12,13)16-10-5-3-9(14-2)4-6-10;/h3-6,8,11H,7H2,1-2H3,(H,12,13);/q;+1/p-1. The molecule has 18 heavy (non-hydrogen) atoms. The van der Waals surface area contributed by atoms with Crippen LogP contribution in [0.1, 0.15) is 6.92 Å².